The number of benzene rings is 1. The van der Waals surface area contributed by atoms with Gasteiger partial charge in [-0.05, 0) is 48.6 Å². The summed E-state index contributed by atoms with van der Waals surface area (Å²) in [4.78, 5) is 17.6. The van der Waals surface area contributed by atoms with Crippen LogP contribution in [0.3, 0.4) is 0 Å². The number of hydrogen-bond donors (Lipinski definition) is 2. The average Bonchev–Trinajstić information content (AvgIpc) is 3.28. The van der Waals surface area contributed by atoms with Crippen LogP contribution in [0.25, 0.3) is 0 Å². The number of carbonyl (C=O) groups excluding carboxylic acids is 1. The van der Waals surface area contributed by atoms with E-state index in [1.54, 1.807) is 23.9 Å². The van der Waals surface area contributed by atoms with Crippen molar-refractivity contribution in [2.24, 2.45) is 0 Å². The summed E-state index contributed by atoms with van der Waals surface area (Å²) >= 11 is 1.74. The highest BCUT2D eigenvalue weighted by molar-refractivity contribution is 7.10. The zero-order valence-electron chi connectivity index (χ0n) is 14.2. The van der Waals surface area contributed by atoms with Gasteiger partial charge >= 0.3 is 0 Å². The quantitative estimate of drug-likeness (QED) is 0.607. The maximum Gasteiger partial charge on any atom is 0.251 e. The summed E-state index contributed by atoms with van der Waals surface area (Å²) in [6.45, 7) is 4.38. The van der Waals surface area contributed by atoms with Crippen molar-refractivity contribution in [3.05, 3.63) is 70.4 Å². The highest BCUT2D eigenvalue weighted by Crippen LogP contribution is 2.18. The molecule has 0 aliphatic heterocycles. The summed E-state index contributed by atoms with van der Waals surface area (Å²) in [7, 11) is 0. The minimum Gasteiger partial charge on any atom is -0.380 e. The van der Waals surface area contributed by atoms with Crippen molar-refractivity contribution in [3.63, 3.8) is 0 Å². The van der Waals surface area contributed by atoms with Gasteiger partial charge in [-0.15, -0.1) is 11.3 Å². The van der Waals surface area contributed by atoms with E-state index in [4.69, 9.17) is 0 Å². The first-order chi connectivity index (χ1) is 12.2. The van der Waals surface area contributed by atoms with Gasteiger partial charge in [-0.25, -0.2) is 4.98 Å². The molecule has 2 N–H and O–H groups in total. The van der Waals surface area contributed by atoms with Gasteiger partial charge in [0, 0.05) is 48.2 Å². The molecular weight excluding hydrogens is 332 g/mol. The Balaban J connectivity index is 1.48. The van der Waals surface area contributed by atoms with Gasteiger partial charge in [-0.2, -0.15) is 0 Å². The lowest BCUT2D eigenvalue weighted by atomic mass is 10.2. The Hall–Kier alpha value is -2.60. The second-order valence-electron chi connectivity index (χ2n) is 5.87. The van der Waals surface area contributed by atoms with E-state index in [0.29, 0.717) is 12.1 Å². The minimum atomic E-state index is -0.0402. The summed E-state index contributed by atoms with van der Waals surface area (Å²) in [5.41, 5.74) is 2.93. The van der Waals surface area contributed by atoms with E-state index in [2.05, 4.69) is 34.0 Å². The maximum absolute atomic E-state index is 12.3. The van der Waals surface area contributed by atoms with Crippen LogP contribution in [0.4, 0.5) is 5.69 Å². The first-order valence-electron chi connectivity index (χ1n) is 8.33. The van der Waals surface area contributed by atoms with Gasteiger partial charge in [-0.1, -0.05) is 6.07 Å². The zero-order chi connectivity index (χ0) is 17.5. The molecule has 0 atom stereocenters. The lowest BCUT2D eigenvalue weighted by Gasteiger charge is -2.09. The number of anilines is 1. The molecule has 0 aliphatic rings. The average molecular weight is 354 g/mol. The van der Waals surface area contributed by atoms with Crippen LogP contribution in [-0.2, 0) is 13.1 Å². The number of thiophene rings is 1. The first kappa shape index (κ1) is 17.2. The Kier molecular flexibility index (Phi) is 5.85. The van der Waals surface area contributed by atoms with E-state index in [1.807, 2.05) is 35.0 Å². The molecule has 2 aromatic heterocycles. The topological polar surface area (TPSA) is 59.0 Å². The molecule has 1 amide bonds. The molecule has 5 nitrogen and oxygen atoms in total. The Morgan fingerprint density at radius 1 is 1.32 bits per heavy atom. The monoisotopic (exact) mass is 354 g/mol. The van der Waals surface area contributed by atoms with Crippen molar-refractivity contribution < 1.29 is 4.79 Å². The fraction of sp³-hybridized carbons (Fsp3) is 0.263. The van der Waals surface area contributed by atoms with Gasteiger partial charge in [0.05, 0.1) is 6.33 Å². The van der Waals surface area contributed by atoms with Gasteiger partial charge in [0.25, 0.3) is 5.91 Å². The van der Waals surface area contributed by atoms with Crippen molar-refractivity contribution in [3.8, 4) is 0 Å². The summed E-state index contributed by atoms with van der Waals surface area (Å²) in [6.07, 6.45) is 6.34. The summed E-state index contributed by atoms with van der Waals surface area (Å²) in [5, 5.41) is 8.46. The Morgan fingerprint density at radius 3 is 3.00 bits per heavy atom. The normalized spacial score (nSPS) is 10.6. The number of aryl methyl sites for hydroxylation is 2. The molecule has 3 aromatic rings. The second-order valence-corrected chi connectivity index (χ2v) is 6.87. The van der Waals surface area contributed by atoms with Gasteiger partial charge in [-0.3, -0.25) is 4.79 Å². The van der Waals surface area contributed by atoms with Gasteiger partial charge in [0.15, 0.2) is 0 Å². The molecule has 0 fully saturated rings. The number of nitrogens with zero attached hydrogens (tertiary/aromatic N) is 2. The molecule has 0 spiro atoms. The van der Waals surface area contributed by atoms with Crippen molar-refractivity contribution in [1.82, 2.24) is 14.9 Å². The van der Waals surface area contributed by atoms with E-state index in [-0.39, 0.29) is 5.91 Å². The van der Waals surface area contributed by atoms with Crippen LogP contribution in [-0.4, -0.2) is 22.0 Å². The molecule has 0 bridgehead atoms. The molecular formula is C19H22N4OS. The van der Waals surface area contributed by atoms with E-state index in [9.17, 15) is 4.79 Å². The lowest BCUT2D eigenvalue weighted by Crippen LogP contribution is -2.25. The van der Waals surface area contributed by atoms with E-state index in [0.717, 1.165) is 25.2 Å². The van der Waals surface area contributed by atoms with E-state index >= 15 is 0 Å². The predicted octanol–water partition coefficient (Wildman–Crippen LogP) is 3.69. The third-order valence-electron chi connectivity index (χ3n) is 3.98. The van der Waals surface area contributed by atoms with E-state index in [1.165, 1.54) is 10.4 Å². The molecule has 1 aromatic carbocycles. The molecule has 0 aliphatic carbocycles. The standard InChI is InChI=1S/C19H22N4OS/c1-15-6-11-25-18(15)13-22-17-5-2-4-16(12-17)19(24)21-7-3-9-23-10-8-20-14-23/h2,4-6,8,10-12,14,22H,3,7,9,13H2,1H3,(H,21,24). The Bertz CT molecular complexity index is 810. The fourth-order valence-electron chi connectivity index (χ4n) is 2.52. The van der Waals surface area contributed by atoms with Crippen molar-refractivity contribution >= 4 is 22.9 Å². The summed E-state index contributed by atoms with van der Waals surface area (Å²) < 4.78 is 2.00. The van der Waals surface area contributed by atoms with Crippen LogP contribution in [0.1, 0.15) is 27.2 Å². The van der Waals surface area contributed by atoms with E-state index < -0.39 is 0 Å². The van der Waals surface area contributed by atoms with Gasteiger partial charge in [0.2, 0.25) is 0 Å². The molecule has 0 unspecified atom stereocenters. The molecule has 0 radical (unpaired) electrons. The SMILES string of the molecule is Cc1ccsc1CNc1cccc(C(=O)NCCCn2ccnc2)c1. The first-order valence-corrected chi connectivity index (χ1v) is 9.21. The third-order valence-corrected chi connectivity index (χ3v) is 5.01. The van der Waals surface area contributed by atoms with Gasteiger partial charge in [0.1, 0.15) is 0 Å². The maximum atomic E-state index is 12.3. The Morgan fingerprint density at radius 2 is 2.24 bits per heavy atom. The number of imidazole rings is 1. The zero-order valence-corrected chi connectivity index (χ0v) is 15.1. The van der Waals surface area contributed by atoms with Crippen LogP contribution >= 0.6 is 11.3 Å². The van der Waals surface area contributed by atoms with Crippen LogP contribution in [0.2, 0.25) is 0 Å². The lowest BCUT2D eigenvalue weighted by molar-refractivity contribution is 0.0953. The van der Waals surface area contributed by atoms with Crippen molar-refractivity contribution in [2.75, 3.05) is 11.9 Å². The second kappa shape index (κ2) is 8.48. The predicted molar refractivity (Wildman–Crippen MR) is 102 cm³/mol. The molecule has 0 saturated carbocycles. The highest BCUT2D eigenvalue weighted by Gasteiger charge is 2.06. The molecule has 3 rings (SSSR count). The number of nitrogens with one attached hydrogen (secondary N) is 2. The number of amides is 1. The van der Waals surface area contributed by atoms with Crippen LogP contribution in [0.5, 0.6) is 0 Å². The molecule has 25 heavy (non-hydrogen) atoms. The molecule has 130 valence electrons. The van der Waals surface area contributed by atoms with Crippen molar-refractivity contribution in [1.29, 1.82) is 0 Å². The van der Waals surface area contributed by atoms with Crippen LogP contribution in [0, 0.1) is 6.92 Å². The number of rotatable bonds is 8. The summed E-state index contributed by atoms with van der Waals surface area (Å²) in [6, 6.07) is 9.75. The molecule has 2 heterocycles. The molecule has 6 heteroatoms. The van der Waals surface area contributed by atoms with Crippen LogP contribution < -0.4 is 10.6 Å². The minimum absolute atomic E-state index is 0.0402. The third kappa shape index (κ3) is 4.93. The van der Waals surface area contributed by atoms with Crippen molar-refractivity contribution in [2.45, 2.75) is 26.4 Å². The van der Waals surface area contributed by atoms with Gasteiger partial charge < -0.3 is 15.2 Å². The highest BCUT2D eigenvalue weighted by atomic mass is 32.1. The smallest absolute Gasteiger partial charge is 0.251 e. The number of carbonyl (C=O) groups is 1. The Labute approximate surface area is 151 Å². The largest absolute Gasteiger partial charge is 0.380 e. The molecule has 0 saturated heterocycles. The van der Waals surface area contributed by atoms with Crippen LogP contribution in [0.15, 0.2) is 54.4 Å². The number of aromatic nitrogens is 2. The fourth-order valence-corrected chi connectivity index (χ4v) is 3.37. The summed E-state index contributed by atoms with van der Waals surface area (Å²) in [5.74, 6) is -0.0402. The number of hydrogen-bond acceptors (Lipinski definition) is 4.